The summed E-state index contributed by atoms with van der Waals surface area (Å²) in [5, 5.41) is 0. The lowest BCUT2D eigenvalue weighted by Crippen LogP contribution is -2.43. The fourth-order valence-electron chi connectivity index (χ4n) is 3.86. The van der Waals surface area contributed by atoms with Gasteiger partial charge in [0, 0.05) is 25.7 Å². The number of morpholine rings is 1. The molecule has 2 fully saturated rings. The number of carbonyl (C=O) groups is 2. The van der Waals surface area contributed by atoms with Crippen LogP contribution in [0.4, 0.5) is 0 Å². The standard InChI is InChI=1S/C20H28N2O8S2/c1-3-22(16-6-11-31(25,26)14-16)19(23)13-30-20(24)18-12-17(5-4-15(18)2)32(27,28)21-7-9-29-10-8-21/h4-5,12,16H,3,6-11,13-14H2,1-2H3. The molecule has 1 aromatic rings. The summed E-state index contributed by atoms with van der Waals surface area (Å²) in [5.41, 5.74) is 0.566. The van der Waals surface area contributed by atoms with Gasteiger partial charge in [0.15, 0.2) is 16.4 Å². The summed E-state index contributed by atoms with van der Waals surface area (Å²) >= 11 is 0. The predicted octanol–water partition coefficient (Wildman–Crippen LogP) is 0.208. The van der Waals surface area contributed by atoms with Crippen LogP contribution in [-0.2, 0) is 34.1 Å². The van der Waals surface area contributed by atoms with Crippen molar-refractivity contribution in [3.05, 3.63) is 29.3 Å². The summed E-state index contributed by atoms with van der Waals surface area (Å²) in [5.74, 6) is -1.37. The fraction of sp³-hybridized carbons (Fsp3) is 0.600. The predicted molar refractivity (Wildman–Crippen MR) is 115 cm³/mol. The Morgan fingerprint density at radius 2 is 1.94 bits per heavy atom. The first kappa shape index (κ1) is 24.6. The second kappa shape index (κ2) is 9.86. The van der Waals surface area contributed by atoms with Crippen molar-refractivity contribution >= 4 is 31.7 Å². The van der Waals surface area contributed by atoms with Crippen LogP contribution in [0.5, 0.6) is 0 Å². The molecular formula is C20H28N2O8S2. The minimum atomic E-state index is -3.79. The molecule has 2 aliphatic rings. The normalized spacial score (nSPS) is 21.2. The minimum absolute atomic E-state index is 0.0326. The van der Waals surface area contributed by atoms with Crippen molar-refractivity contribution in [1.29, 1.82) is 0 Å². The van der Waals surface area contributed by atoms with E-state index in [-0.39, 0.29) is 35.1 Å². The second-order valence-electron chi connectivity index (χ2n) is 7.81. The minimum Gasteiger partial charge on any atom is -0.452 e. The Morgan fingerprint density at radius 3 is 2.53 bits per heavy atom. The van der Waals surface area contributed by atoms with Crippen LogP contribution in [0.2, 0.25) is 0 Å². The van der Waals surface area contributed by atoms with E-state index in [4.69, 9.17) is 9.47 Å². The lowest BCUT2D eigenvalue weighted by atomic mass is 10.1. The zero-order valence-electron chi connectivity index (χ0n) is 18.2. The highest BCUT2D eigenvalue weighted by atomic mass is 32.2. The van der Waals surface area contributed by atoms with Gasteiger partial charge in [0.1, 0.15) is 0 Å². The molecule has 12 heteroatoms. The number of hydrogen-bond acceptors (Lipinski definition) is 8. The van der Waals surface area contributed by atoms with Gasteiger partial charge in [0.25, 0.3) is 5.91 Å². The first-order valence-corrected chi connectivity index (χ1v) is 13.7. The molecule has 3 rings (SSSR count). The number of amides is 1. The molecule has 0 aromatic heterocycles. The summed E-state index contributed by atoms with van der Waals surface area (Å²) in [4.78, 5) is 26.6. The third kappa shape index (κ3) is 5.48. The van der Waals surface area contributed by atoms with Crippen molar-refractivity contribution < 1.29 is 35.9 Å². The quantitative estimate of drug-likeness (QED) is 0.499. The molecule has 0 N–H and O–H groups in total. The maximum absolute atomic E-state index is 12.9. The maximum Gasteiger partial charge on any atom is 0.338 e. The second-order valence-corrected chi connectivity index (χ2v) is 12.0. The molecule has 1 atom stereocenters. The van der Waals surface area contributed by atoms with Crippen molar-refractivity contribution in [1.82, 2.24) is 9.21 Å². The molecule has 1 amide bonds. The molecule has 32 heavy (non-hydrogen) atoms. The molecule has 0 spiro atoms. The molecule has 0 bridgehead atoms. The molecule has 2 saturated heterocycles. The Hall–Kier alpha value is -2.02. The highest BCUT2D eigenvalue weighted by molar-refractivity contribution is 7.91. The SMILES string of the molecule is CCN(C(=O)COC(=O)c1cc(S(=O)(=O)N2CCOCC2)ccc1C)C1CCS(=O)(=O)C1. The number of nitrogens with zero attached hydrogens (tertiary/aromatic N) is 2. The van der Waals surface area contributed by atoms with E-state index in [1.54, 1.807) is 13.8 Å². The molecule has 1 unspecified atom stereocenters. The zero-order chi connectivity index (χ0) is 23.5. The van der Waals surface area contributed by atoms with Gasteiger partial charge in [0.05, 0.1) is 35.2 Å². The summed E-state index contributed by atoms with van der Waals surface area (Å²) in [6, 6.07) is 3.78. The van der Waals surface area contributed by atoms with E-state index < -0.39 is 44.4 Å². The van der Waals surface area contributed by atoms with Crippen molar-refractivity contribution in [3.63, 3.8) is 0 Å². The molecule has 0 radical (unpaired) electrons. The van der Waals surface area contributed by atoms with E-state index >= 15 is 0 Å². The molecule has 10 nitrogen and oxygen atoms in total. The van der Waals surface area contributed by atoms with E-state index in [0.29, 0.717) is 31.7 Å². The summed E-state index contributed by atoms with van der Waals surface area (Å²) in [6.07, 6.45) is 0.358. The lowest BCUT2D eigenvalue weighted by Gasteiger charge is -2.27. The summed E-state index contributed by atoms with van der Waals surface area (Å²) < 4.78 is 60.8. The molecule has 0 saturated carbocycles. The van der Waals surface area contributed by atoms with Crippen LogP contribution in [0, 0.1) is 6.92 Å². The van der Waals surface area contributed by atoms with Gasteiger partial charge in [0.2, 0.25) is 10.0 Å². The van der Waals surface area contributed by atoms with E-state index in [0.717, 1.165) is 0 Å². The number of carbonyl (C=O) groups excluding carboxylic acids is 2. The maximum atomic E-state index is 12.9. The molecule has 1 aromatic carbocycles. The van der Waals surface area contributed by atoms with Crippen LogP contribution >= 0.6 is 0 Å². The average molecular weight is 489 g/mol. The van der Waals surface area contributed by atoms with Crippen molar-refractivity contribution in [2.24, 2.45) is 0 Å². The van der Waals surface area contributed by atoms with E-state index in [1.165, 1.54) is 27.4 Å². The van der Waals surface area contributed by atoms with Gasteiger partial charge >= 0.3 is 5.97 Å². The number of rotatable bonds is 7. The summed E-state index contributed by atoms with van der Waals surface area (Å²) in [7, 11) is -6.95. The Kier molecular flexibility index (Phi) is 7.58. The van der Waals surface area contributed by atoms with Gasteiger partial charge < -0.3 is 14.4 Å². The van der Waals surface area contributed by atoms with E-state index in [9.17, 15) is 26.4 Å². The molecular weight excluding hydrogens is 460 g/mol. The number of esters is 1. The van der Waals surface area contributed by atoms with Gasteiger partial charge in [-0.15, -0.1) is 0 Å². The zero-order valence-corrected chi connectivity index (χ0v) is 19.8. The van der Waals surface area contributed by atoms with E-state index in [2.05, 4.69) is 0 Å². The number of ether oxygens (including phenoxy) is 2. The Labute approximate surface area is 188 Å². The highest BCUT2D eigenvalue weighted by Crippen LogP contribution is 2.22. The highest BCUT2D eigenvalue weighted by Gasteiger charge is 2.34. The third-order valence-electron chi connectivity index (χ3n) is 5.67. The van der Waals surface area contributed by atoms with Crippen molar-refractivity contribution in [3.8, 4) is 0 Å². The van der Waals surface area contributed by atoms with Crippen LogP contribution in [0.1, 0.15) is 29.3 Å². The number of hydrogen-bond donors (Lipinski definition) is 0. The van der Waals surface area contributed by atoms with Crippen LogP contribution < -0.4 is 0 Å². The summed E-state index contributed by atoms with van der Waals surface area (Å²) in [6.45, 7) is 4.19. The van der Waals surface area contributed by atoms with Crippen LogP contribution in [0.15, 0.2) is 23.1 Å². The molecule has 2 heterocycles. The Bertz CT molecular complexity index is 1080. The van der Waals surface area contributed by atoms with Gasteiger partial charge in [-0.05, 0) is 38.0 Å². The van der Waals surface area contributed by atoms with Crippen LogP contribution in [-0.4, -0.2) is 94.9 Å². The number of benzene rings is 1. The van der Waals surface area contributed by atoms with Crippen LogP contribution in [0.3, 0.4) is 0 Å². The Morgan fingerprint density at radius 1 is 1.25 bits per heavy atom. The first-order chi connectivity index (χ1) is 15.0. The van der Waals surface area contributed by atoms with Gasteiger partial charge in [-0.25, -0.2) is 21.6 Å². The number of aryl methyl sites for hydroxylation is 1. The first-order valence-electron chi connectivity index (χ1n) is 10.4. The molecule has 178 valence electrons. The molecule has 0 aliphatic carbocycles. The van der Waals surface area contributed by atoms with E-state index in [1.807, 2.05) is 0 Å². The van der Waals surface area contributed by atoms with Crippen molar-refractivity contribution in [2.75, 3.05) is 51.0 Å². The topological polar surface area (TPSA) is 127 Å². The van der Waals surface area contributed by atoms with Gasteiger partial charge in [-0.3, -0.25) is 4.79 Å². The van der Waals surface area contributed by atoms with Gasteiger partial charge in [-0.2, -0.15) is 4.31 Å². The fourth-order valence-corrected chi connectivity index (χ4v) is 7.03. The number of likely N-dealkylation sites (N-methyl/N-ethyl adjacent to an activating group) is 1. The van der Waals surface area contributed by atoms with Crippen LogP contribution in [0.25, 0.3) is 0 Å². The number of sulfonamides is 1. The molecule has 2 aliphatic heterocycles. The van der Waals surface area contributed by atoms with Crippen molar-refractivity contribution in [2.45, 2.75) is 31.2 Å². The average Bonchev–Trinajstić information content (AvgIpc) is 3.12. The Balaban J connectivity index is 1.69. The smallest absolute Gasteiger partial charge is 0.338 e. The van der Waals surface area contributed by atoms with Gasteiger partial charge in [-0.1, -0.05) is 6.07 Å². The number of sulfone groups is 1. The lowest BCUT2D eigenvalue weighted by molar-refractivity contribution is -0.136. The third-order valence-corrected chi connectivity index (χ3v) is 9.32. The largest absolute Gasteiger partial charge is 0.452 e. The monoisotopic (exact) mass is 488 g/mol.